The van der Waals surface area contributed by atoms with Gasteiger partial charge in [-0.2, -0.15) is 16.9 Å². The van der Waals surface area contributed by atoms with Gasteiger partial charge in [-0.15, -0.1) is 0 Å². The van der Waals surface area contributed by atoms with Crippen LogP contribution in [0.4, 0.5) is 0 Å². The maximum atomic E-state index is 5.47. The van der Waals surface area contributed by atoms with Gasteiger partial charge in [0.1, 0.15) is 5.75 Å². The second-order valence-corrected chi connectivity index (χ2v) is 4.64. The third kappa shape index (κ3) is 3.78. The first-order valence-electron chi connectivity index (χ1n) is 5.69. The van der Waals surface area contributed by atoms with E-state index in [1.54, 1.807) is 18.0 Å². The van der Waals surface area contributed by atoms with Gasteiger partial charge in [-0.1, -0.05) is 0 Å². The van der Waals surface area contributed by atoms with E-state index >= 15 is 0 Å². The van der Waals surface area contributed by atoms with Crippen LogP contribution in [-0.4, -0.2) is 35.6 Å². The van der Waals surface area contributed by atoms with E-state index in [1.807, 2.05) is 30.3 Å². The maximum absolute atomic E-state index is 5.47. The molecule has 0 bridgehead atoms. The molecular formula is C13H16N2O2S. The number of hydrogen-bond acceptors (Lipinski definition) is 4. The van der Waals surface area contributed by atoms with Gasteiger partial charge in [0.2, 0.25) is 0 Å². The number of thioether (sulfide) groups is 1. The Hall–Kier alpha value is -1.46. The van der Waals surface area contributed by atoms with Crippen LogP contribution in [0.2, 0.25) is 0 Å². The quantitative estimate of drug-likeness (QED) is 0.617. The van der Waals surface area contributed by atoms with E-state index in [0.29, 0.717) is 13.4 Å². The zero-order valence-electron chi connectivity index (χ0n) is 10.3. The van der Waals surface area contributed by atoms with E-state index in [4.69, 9.17) is 9.47 Å². The highest BCUT2D eigenvalue weighted by Gasteiger charge is 1.99. The summed E-state index contributed by atoms with van der Waals surface area (Å²) >= 11 is 1.76. The topological polar surface area (TPSA) is 47.1 Å². The standard InChI is InChI=1S/C13H16N2O2S/c1-18-9-8-16-10-17-12-4-2-11(3-5-12)13-6-7-14-15-13/h2-7H,8-10H2,1H3,(H,14,15). The highest BCUT2D eigenvalue weighted by molar-refractivity contribution is 7.98. The number of nitrogens with zero attached hydrogens (tertiary/aromatic N) is 1. The Balaban J connectivity index is 1.81. The number of benzene rings is 1. The van der Waals surface area contributed by atoms with Gasteiger partial charge in [-0.3, -0.25) is 5.10 Å². The van der Waals surface area contributed by atoms with Crippen molar-refractivity contribution in [3.05, 3.63) is 36.5 Å². The van der Waals surface area contributed by atoms with Crippen molar-refractivity contribution < 1.29 is 9.47 Å². The molecule has 2 rings (SSSR count). The van der Waals surface area contributed by atoms with Crippen LogP contribution in [0.1, 0.15) is 0 Å². The van der Waals surface area contributed by atoms with Crippen molar-refractivity contribution in [3.63, 3.8) is 0 Å². The van der Waals surface area contributed by atoms with Crippen molar-refractivity contribution >= 4 is 11.8 Å². The lowest BCUT2D eigenvalue weighted by Gasteiger charge is -2.07. The lowest BCUT2D eigenvalue weighted by molar-refractivity contribution is 0.0238. The molecule has 0 spiro atoms. The van der Waals surface area contributed by atoms with E-state index in [-0.39, 0.29) is 0 Å². The number of rotatable bonds is 7. The molecule has 0 amide bonds. The van der Waals surface area contributed by atoms with Crippen molar-refractivity contribution in [2.75, 3.05) is 25.4 Å². The Labute approximate surface area is 111 Å². The van der Waals surface area contributed by atoms with Crippen molar-refractivity contribution in [3.8, 4) is 17.0 Å². The van der Waals surface area contributed by atoms with Crippen LogP contribution in [0.5, 0.6) is 5.75 Å². The minimum absolute atomic E-state index is 0.296. The van der Waals surface area contributed by atoms with Crippen LogP contribution in [0.25, 0.3) is 11.3 Å². The molecule has 0 aliphatic rings. The average molecular weight is 264 g/mol. The molecule has 1 aromatic heterocycles. The molecule has 5 heteroatoms. The molecule has 1 heterocycles. The second-order valence-electron chi connectivity index (χ2n) is 3.66. The molecule has 18 heavy (non-hydrogen) atoms. The van der Waals surface area contributed by atoms with Crippen LogP contribution in [0, 0.1) is 0 Å². The van der Waals surface area contributed by atoms with Gasteiger partial charge in [-0.25, -0.2) is 0 Å². The Morgan fingerprint density at radius 2 is 2.06 bits per heavy atom. The van der Waals surface area contributed by atoms with E-state index in [0.717, 1.165) is 22.8 Å². The first kappa shape index (κ1) is 13.0. The van der Waals surface area contributed by atoms with Gasteiger partial charge in [0, 0.05) is 11.9 Å². The summed E-state index contributed by atoms with van der Waals surface area (Å²) in [6.07, 6.45) is 3.79. The Kier molecular flexibility index (Phi) is 5.11. The lowest BCUT2D eigenvalue weighted by Crippen LogP contribution is -2.05. The molecule has 96 valence electrons. The summed E-state index contributed by atoms with van der Waals surface area (Å²) in [6.45, 7) is 1.01. The molecule has 1 aromatic carbocycles. The Bertz CT molecular complexity index is 443. The predicted molar refractivity (Wildman–Crippen MR) is 73.9 cm³/mol. The van der Waals surface area contributed by atoms with Gasteiger partial charge < -0.3 is 9.47 Å². The molecule has 0 atom stereocenters. The fourth-order valence-corrected chi connectivity index (χ4v) is 1.74. The summed E-state index contributed by atoms with van der Waals surface area (Å²) < 4.78 is 10.8. The van der Waals surface area contributed by atoms with Crippen LogP contribution in [0.3, 0.4) is 0 Å². The summed E-state index contributed by atoms with van der Waals surface area (Å²) in [6, 6.07) is 9.76. The zero-order valence-corrected chi connectivity index (χ0v) is 11.1. The van der Waals surface area contributed by atoms with Crippen LogP contribution in [0.15, 0.2) is 36.5 Å². The van der Waals surface area contributed by atoms with E-state index in [1.165, 1.54) is 0 Å². The largest absolute Gasteiger partial charge is 0.468 e. The van der Waals surface area contributed by atoms with Crippen LogP contribution < -0.4 is 4.74 Å². The zero-order chi connectivity index (χ0) is 12.6. The molecule has 0 unspecified atom stereocenters. The van der Waals surface area contributed by atoms with E-state index in [2.05, 4.69) is 16.5 Å². The molecular weight excluding hydrogens is 248 g/mol. The highest BCUT2D eigenvalue weighted by atomic mass is 32.2. The number of nitrogens with one attached hydrogen (secondary N) is 1. The Morgan fingerprint density at radius 1 is 1.22 bits per heavy atom. The summed E-state index contributed by atoms with van der Waals surface area (Å²) in [5.41, 5.74) is 2.08. The predicted octanol–water partition coefficient (Wildman–Crippen LogP) is 2.79. The fourth-order valence-electron chi connectivity index (χ4n) is 1.46. The van der Waals surface area contributed by atoms with E-state index in [9.17, 15) is 0 Å². The molecule has 0 aliphatic carbocycles. The first-order chi connectivity index (χ1) is 8.90. The Morgan fingerprint density at radius 3 is 2.72 bits per heavy atom. The summed E-state index contributed by atoms with van der Waals surface area (Å²) in [7, 11) is 0. The fraction of sp³-hybridized carbons (Fsp3) is 0.308. The molecule has 4 nitrogen and oxygen atoms in total. The van der Waals surface area contributed by atoms with Gasteiger partial charge >= 0.3 is 0 Å². The molecule has 2 aromatic rings. The molecule has 0 aliphatic heterocycles. The number of aromatic amines is 1. The molecule has 0 saturated carbocycles. The minimum Gasteiger partial charge on any atom is -0.468 e. The van der Waals surface area contributed by atoms with Gasteiger partial charge in [0.15, 0.2) is 6.79 Å². The third-order valence-electron chi connectivity index (χ3n) is 2.41. The SMILES string of the molecule is CSCCOCOc1ccc(-c2ccn[nH]2)cc1. The van der Waals surface area contributed by atoms with E-state index < -0.39 is 0 Å². The lowest BCUT2D eigenvalue weighted by atomic mass is 10.1. The van der Waals surface area contributed by atoms with Crippen LogP contribution in [-0.2, 0) is 4.74 Å². The minimum atomic E-state index is 0.296. The molecule has 0 saturated heterocycles. The molecule has 1 N–H and O–H groups in total. The van der Waals surface area contributed by atoms with Crippen molar-refractivity contribution in [1.82, 2.24) is 10.2 Å². The maximum Gasteiger partial charge on any atom is 0.189 e. The first-order valence-corrected chi connectivity index (χ1v) is 7.09. The summed E-state index contributed by atoms with van der Waals surface area (Å²) in [5.74, 6) is 1.80. The summed E-state index contributed by atoms with van der Waals surface area (Å²) in [4.78, 5) is 0. The van der Waals surface area contributed by atoms with Gasteiger partial charge in [0.05, 0.1) is 12.3 Å². The third-order valence-corrected chi connectivity index (χ3v) is 2.98. The molecule has 0 fully saturated rings. The number of hydrogen-bond donors (Lipinski definition) is 1. The number of H-pyrrole nitrogens is 1. The second kappa shape index (κ2) is 7.08. The van der Waals surface area contributed by atoms with Gasteiger partial charge in [0.25, 0.3) is 0 Å². The number of ether oxygens (including phenoxy) is 2. The normalized spacial score (nSPS) is 10.5. The van der Waals surface area contributed by atoms with Crippen molar-refractivity contribution in [1.29, 1.82) is 0 Å². The van der Waals surface area contributed by atoms with Crippen LogP contribution >= 0.6 is 11.8 Å². The molecule has 0 radical (unpaired) electrons. The van der Waals surface area contributed by atoms with Crippen molar-refractivity contribution in [2.24, 2.45) is 0 Å². The average Bonchev–Trinajstić information content (AvgIpc) is 2.93. The van der Waals surface area contributed by atoms with Gasteiger partial charge in [-0.05, 0) is 42.2 Å². The van der Waals surface area contributed by atoms with Crippen molar-refractivity contribution in [2.45, 2.75) is 0 Å². The number of aromatic nitrogens is 2. The smallest absolute Gasteiger partial charge is 0.189 e. The highest BCUT2D eigenvalue weighted by Crippen LogP contribution is 2.20. The summed E-state index contributed by atoms with van der Waals surface area (Å²) in [5, 5.41) is 6.84. The monoisotopic (exact) mass is 264 g/mol.